The number of esters is 1. The standard InChI is InChI=1S/C31H31NO3P.2BrH/c1-2-35-31(34)30(29(33)28(32)23-24-15-7-3-8-16-24)36(25-17-9-4-10-18-25,26-19-11-5-12-20-26)27-21-13-6-14-22-27;;/h3-22,28,30H,2,23,32H2,1H3;2*1H/q+1;;/p-1. The summed E-state index contributed by atoms with van der Waals surface area (Å²) in [7, 11) is -2.83. The molecule has 4 aromatic rings. The van der Waals surface area contributed by atoms with E-state index < -0.39 is 24.9 Å². The van der Waals surface area contributed by atoms with Crippen molar-refractivity contribution in [2.75, 3.05) is 6.61 Å². The van der Waals surface area contributed by atoms with Crippen molar-refractivity contribution in [2.45, 2.75) is 25.0 Å². The Morgan fingerprint density at radius 2 is 1.05 bits per heavy atom. The van der Waals surface area contributed by atoms with Gasteiger partial charge >= 0.3 is 5.97 Å². The first-order valence-electron chi connectivity index (χ1n) is 12.2. The molecule has 0 saturated carbocycles. The maximum atomic E-state index is 14.4. The molecular weight excluding hydrogens is 625 g/mol. The smallest absolute Gasteiger partial charge is 0.356 e. The predicted octanol–water partition coefficient (Wildman–Crippen LogP) is -2.66. The van der Waals surface area contributed by atoms with Crippen molar-refractivity contribution in [3.05, 3.63) is 127 Å². The molecule has 0 radical (unpaired) electrons. The van der Waals surface area contributed by atoms with E-state index >= 15 is 0 Å². The summed E-state index contributed by atoms with van der Waals surface area (Å²) < 4.78 is 5.64. The van der Waals surface area contributed by atoms with Gasteiger partial charge in [-0.15, -0.1) is 0 Å². The van der Waals surface area contributed by atoms with Crippen LogP contribution < -0.4 is 55.6 Å². The number of halogens is 2. The minimum absolute atomic E-state index is 0. The Hall–Kier alpha value is -2.63. The zero-order valence-electron chi connectivity index (χ0n) is 21.3. The summed E-state index contributed by atoms with van der Waals surface area (Å²) in [6, 6.07) is 39.0. The van der Waals surface area contributed by atoms with Crippen molar-refractivity contribution in [3.63, 3.8) is 0 Å². The molecular formula is C31H32Br2NO3P. The molecule has 0 spiro atoms. The summed E-state index contributed by atoms with van der Waals surface area (Å²) in [5, 5.41) is 2.88. The number of benzene rings is 4. The molecule has 198 valence electrons. The number of carbonyl (C=O) groups excluding carboxylic acids is 2. The molecule has 0 bridgehead atoms. The van der Waals surface area contributed by atoms with Gasteiger partial charge in [0.1, 0.15) is 23.2 Å². The van der Waals surface area contributed by atoms with Crippen LogP contribution in [0.15, 0.2) is 121 Å². The van der Waals surface area contributed by atoms with Crippen LogP contribution in [-0.2, 0) is 20.7 Å². The van der Waals surface area contributed by atoms with Gasteiger partial charge < -0.3 is 44.4 Å². The molecule has 4 nitrogen and oxygen atoms in total. The van der Waals surface area contributed by atoms with E-state index in [4.69, 9.17) is 4.74 Å². The summed E-state index contributed by atoms with van der Waals surface area (Å²) in [5.41, 5.74) is 4.24. The highest BCUT2D eigenvalue weighted by Crippen LogP contribution is 2.60. The average Bonchev–Trinajstić information content (AvgIpc) is 2.93. The normalized spacial score (nSPS) is 12.3. The van der Waals surface area contributed by atoms with Gasteiger partial charge in [-0.3, -0.25) is 4.79 Å². The van der Waals surface area contributed by atoms with Crippen LogP contribution in [-0.4, -0.2) is 30.1 Å². The maximum Gasteiger partial charge on any atom is 0.356 e. The van der Waals surface area contributed by atoms with Crippen molar-refractivity contribution in [1.82, 2.24) is 0 Å². The van der Waals surface area contributed by atoms with Gasteiger partial charge in [-0.2, -0.15) is 0 Å². The molecule has 0 fully saturated rings. The molecule has 0 aliphatic rings. The third kappa shape index (κ3) is 6.68. The third-order valence-corrected chi connectivity index (χ3v) is 11.0. The highest BCUT2D eigenvalue weighted by atomic mass is 79.9. The van der Waals surface area contributed by atoms with Gasteiger partial charge in [-0.25, -0.2) is 4.79 Å². The van der Waals surface area contributed by atoms with E-state index in [1.807, 2.05) is 121 Å². The Morgan fingerprint density at radius 1 is 0.684 bits per heavy atom. The topological polar surface area (TPSA) is 71.0 Å². The maximum absolute atomic E-state index is 14.4. The second kappa shape index (κ2) is 15.1. The van der Waals surface area contributed by atoms with Crippen molar-refractivity contribution >= 4 is 34.9 Å². The first-order valence-corrected chi connectivity index (χ1v) is 14.1. The lowest BCUT2D eigenvalue weighted by Crippen LogP contribution is -3.00. The highest BCUT2D eigenvalue weighted by Gasteiger charge is 2.61. The second-order valence-corrected chi connectivity index (χ2v) is 12.2. The number of rotatable bonds is 10. The number of carbonyl (C=O) groups is 2. The largest absolute Gasteiger partial charge is 1.00 e. The van der Waals surface area contributed by atoms with E-state index in [0.717, 1.165) is 21.5 Å². The van der Waals surface area contributed by atoms with Crippen molar-refractivity contribution in [3.8, 4) is 0 Å². The first-order chi connectivity index (χ1) is 17.6. The molecule has 2 unspecified atom stereocenters. The lowest BCUT2D eigenvalue weighted by molar-refractivity contribution is -0.402. The quantitative estimate of drug-likeness (QED) is 0.115. The van der Waals surface area contributed by atoms with Crippen LogP contribution in [0.2, 0.25) is 0 Å². The summed E-state index contributed by atoms with van der Waals surface area (Å²) >= 11 is 0. The van der Waals surface area contributed by atoms with E-state index in [9.17, 15) is 9.59 Å². The van der Waals surface area contributed by atoms with Crippen LogP contribution in [0.4, 0.5) is 0 Å². The van der Waals surface area contributed by atoms with E-state index in [1.54, 1.807) is 6.92 Å². The number of ether oxygens (including phenoxy) is 1. The summed E-state index contributed by atoms with van der Waals surface area (Å²) in [6.07, 6.45) is 0.452. The Kier molecular flexibility index (Phi) is 12.5. The molecule has 0 aliphatic carbocycles. The van der Waals surface area contributed by atoms with Gasteiger partial charge in [-0.05, 0) is 48.9 Å². The molecule has 0 aromatic heterocycles. The van der Waals surface area contributed by atoms with Gasteiger partial charge in [0.05, 0.1) is 6.61 Å². The predicted molar refractivity (Wildman–Crippen MR) is 147 cm³/mol. The van der Waals surface area contributed by atoms with E-state index in [2.05, 4.69) is 5.73 Å². The van der Waals surface area contributed by atoms with Gasteiger partial charge in [0.2, 0.25) is 11.4 Å². The third-order valence-electron chi connectivity index (χ3n) is 6.38. The summed E-state index contributed by atoms with van der Waals surface area (Å²) in [5.74, 6) is -0.684. The Balaban J connectivity index is 0.00000253. The minimum Gasteiger partial charge on any atom is -1.00 e. The van der Waals surface area contributed by atoms with Crippen molar-refractivity contribution in [2.24, 2.45) is 0 Å². The average molecular weight is 657 g/mol. The van der Waals surface area contributed by atoms with Crippen LogP contribution in [0.5, 0.6) is 0 Å². The van der Waals surface area contributed by atoms with E-state index in [-0.39, 0.29) is 46.4 Å². The van der Waals surface area contributed by atoms with Gasteiger partial charge in [0.25, 0.3) is 0 Å². The van der Waals surface area contributed by atoms with Crippen LogP contribution in [0.25, 0.3) is 0 Å². The van der Waals surface area contributed by atoms with Gasteiger partial charge in [0, 0.05) is 6.42 Å². The fourth-order valence-electron chi connectivity index (χ4n) is 4.79. The molecule has 0 aliphatic heterocycles. The first kappa shape index (κ1) is 31.6. The van der Waals surface area contributed by atoms with Crippen LogP contribution in [0.1, 0.15) is 12.5 Å². The summed E-state index contributed by atoms with van der Waals surface area (Å²) in [6.45, 7) is 1.97. The van der Waals surface area contributed by atoms with Crippen LogP contribution in [0, 0.1) is 0 Å². The monoisotopic (exact) mass is 655 g/mol. The molecule has 2 atom stereocenters. The fourth-order valence-corrected chi connectivity index (χ4v) is 9.49. The minimum atomic E-state index is -2.83. The van der Waals surface area contributed by atoms with Crippen LogP contribution in [0.3, 0.4) is 0 Å². The van der Waals surface area contributed by atoms with E-state index in [1.165, 1.54) is 0 Å². The highest BCUT2D eigenvalue weighted by molar-refractivity contribution is 7.97. The van der Waals surface area contributed by atoms with Crippen molar-refractivity contribution in [1.29, 1.82) is 0 Å². The fraction of sp³-hybridized carbons (Fsp3) is 0.161. The molecule has 3 N–H and O–H groups in total. The molecule has 4 aromatic carbocycles. The number of ketones is 1. The lowest BCUT2D eigenvalue weighted by atomic mass is 10.0. The Labute approximate surface area is 246 Å². The Morgan fingerprint density at radius 3 is 1.42 bits per heavy atom. The van der Waals surface area contributed by atoms with Crippen molar-refractivity contribution < 1.29 is 54.0 Å². The summed E-state index contributed by atoms with van der Waals surface area (Å²) in [4.78, 5) is 28.3. The molecule has 0 saturated heterocycles. The molecule has 7 heteroatoms. The van der Waals surface area contributed by atoms with Gasteiger partial charge in [-0.1, -0.05) is 84.9 Å². The number of hydrogen-bond donors (Lipinski definition) is 1. The number of quaternary nitrogens is 1. The molecule has 0 heterocycles. The zero-order valence-corrected chi connectivity index (χ0v) is 25.3. The Bertz CT molecular complexity index is 1180. The lowest BCUT2D eigenvalue weighted by Gasteiger charge is -2.33. The van der Waals surface area contributed by atoms with E-state index in [0.29, 0.717) is 6.42 Å². The molecule has 0 amide bonds. The van der Waals surface area contributed by atoms with Crippen LogP contribution >= 0.6 is 7.26 Å². The SMILES string of the molecule is CCOC(=O)C(C(=O)C([NH3+])Cc1ccccc1)[P+](c1ccccc1)(c1ccccc1)c1ccccc1.[Br-].[Br-]. The zero-order chi connectivity index (χ0) is 25.4. The number of hydrogen-bond acceptors (Lipinski definition) is 3. The van der Waals surface area contributed by atoms with Gasteiger partial charge in [0.15, 0.2) is 6.04 Å². The second-order valence-electron chi connectivity index (χ2n) is 8.67. The number of Topliss-reactive ketones (excluding diaryl/α,β-unsaturated/α-hetero) is 1. The molecule has 4 rings (SSSR count). The molecule has 38 heavy (non-hydrogen) atoms.